The molecule has 0 radical (unpaired) electrons. The van der Waals surface area contributed by atoms with Gasteiger partial charge in [0.05, 0.1) is 12.5 Å². The van der Waals surface area contributed by atoms with Crippen molar-refractivity contribution in [3.05, 3.63) is 83.4 Å². The molecule has 1 aliphatic heterocycles. The number of primary amides is 1. The number of aromatic nitrogens is 2. The SMILES string of the molecule is NC(=O)C(c1cccnc1)c1ccc(N2CC[C@@H](F)C2)nc1NCCc1cccc(F)c1. The van der Waals surface area contributed by atoms with Crippen LogP contribution in [-0.2, 0) is 11.2 Å². The maximum atomic E-state index is 13.7. The molecule has 166 valence electrons. The maximum absolute atomic E-state index is 13.7. The predicted octanol–water partition coefficient (Wildman–Crippen LogP) is 3.44. The second-order valence-corrected chi connectivity index (χ2v) is 7.87. The van der Waals surface area contributed by atoms with Gasteiger partial charge < -0.3 is 16.0 Å². The zero-order chi connectivity index (χ0) is 22.5. The van der Waals surface area contributed by atoms with Gasteiger partial charge in [-0.25, -0.2) is 13.8 Å². The van der Waals surface area contributed by atoms with E-state index in [1.807, 2.05) is 11.0 Å². The normalized spacial score (nSPS) is 16.7. The van der Waals surface area contributed by atoms with Crippen LogP contribution < -0.4 is 16.0 Å². The van der Waals surface area contributed by atoms with Crippen LogP contribution in [0, 0.1) is 5.82 Å². The highest BCUT2D eigenvalue weighted by atomic mass is 19.1. The quantitative estimate of drug-likeness (QED) is 0.564. The number of hydrogen-bond acceptors (Lipinski definition) is 5. The minimum atomic E-state index is -0.880. The van der Waals surface area contributed by atoms with Crippen molar-refractivity contribution >= 4 is 17.5 Å². The number of halogens is 2. The van der Waals surface area contributed by atoms with Gasteiger partial charge in [0.15, 0.2) is 0 Å². The Balaban J connectivity index is 1.64. The van der Waals surface area contributed by atoms with E-state index in [9.17, 15) is 13.6 Å². The van der Waals surface area contributed by atoms with E-state index in [1.54, 1.807) is 42.7 Å². The first-order valence-corrected chi connectivity index (χ1v) is 10.6. The summed E-state index contributed by atoms with van der Waals surface area (Å²) in [5.41, 5.74) is 7.88. The topological polar surface area (TPSA) is 84.1 Å². The summed E-state index contributed by atoms with van der Waals surface area (Å²) < 4.78 is 27.2. The highest BCUT2D eigenvalue weighted by Crippen LogP contribution is 2.32. The molecule has 3 N–H and O–H groups in total. The lowest BCUT2D eigenvalue weighted by molar-refractivity contribution is -0.118. The zero-order valence-electron chi connectivity index (χ0n) is 17.5. The van der Waals surface area contributed by atoms with Crippen molar-refractivity contribution in [2.75, 3.05) is 29.9 Å². The van der Waals surface area contributed by atoms with Crippen molar-refractivity contribution in [3.63, 3.8) is 0 Å². The Hall–Kier alpha value is -3.55. The van der Waals surface area contributed by atoms with E-state index < -0.39 is 18.0 Å². The highest BCUT2D eigenvalue weighted by molar-refractivity contribution is 5.87. The molecule has 0 spiro atoms. The molecule has 3 heterocycles. The lowest BCUT2D eigenvalue weighted by atomic mass is 9.92. The van der Waals surface area contributed by atoms with Gasteiger partial charge >= 0.3 is 0 Å². The van der Waals surface area contributed by atoms with E-state index in [1.165, 1.54) is 12.1 Å². The Morgan fingerprint density at radius 2 is 2.12 bits per heavy atom. The second-order valence-electron chi connectivity index (χ2n) is 7.87. The fourth-order valence-electron chi connectivity index (χ4n) is 4.00. The van der Waals surface area contributed by atoms with E-state index in [0.717, 1.165) is 5.56 Å². The Labute approximate surface area is 185 Å². The first-order valence-electron chi connectivity index (χ1n) is 10.6. The molecule has 1 aliphatic rings. The lowest BCUT2D eigenvalue weighted by Gasteiger charge is -2.22. The van der Waals surface area contributed by atoms with Crippen LogP contribution in [0.5, 0.6) is 0 Å². The molecule has 4 rings (SSSR count). The summed E-state index contributed by atoms with van der Waals surface area (Å²) in [6.45, 7) is 1.34. The lowest BCUT2D eigenvalue weighted by Crippen LogP contribution is -2.26. The molecular weight excluding hydrogens is 412 g/mol. The average Bonchev–Trinajstić information content (AvgIpc) is 3.22. The number of hydrogen-bond donors (Lipinski definition) is 2. The van der Waals surface area contributed by atoms with Gasteiger partial charge in [-0.1, -0.05) is 24.3 Å². The minimum Gasteiger partial charge on any atom is -0.369 e. The van der Waals surface area contributed by atoms with Crippen molar-refractivity contribution in [1.82, 2.24) is 9.97 Å². The van der Waals surface area contributed by atoms with Crippen LogP contribution >= 0.6 is 0 Å². The zero-order valence-corrected chi connectivity index (χ0v) is 17.5. The Morgan fingerprint density at radius 3 is 2.81 bits per heavy atom. The standard InChI is InChI=1S/C24H25F2N5O/c25-18-5-1-3-16(13-18)8-11-29-24-20(22(23(27)32)17-4-2-10-28-14-17)6-7-21(30-24)31-12-9-19(26)15-31/h1-7,10,13-14,19,22H,8-9,11-12,15H2,(H2,27,32)(H,29,30)/t19-,22?/m1/s1. The third kappa shape index (κ3) is 5.01. The number of nitrogens with one attached hydrogen (secondary N) is 1. The molecule has 1 aromatic carbocycles. The molecule has 0 saturated carbocycles. The fourth-order valence-corrected chi connectivity index (χ4v) is 4.00. The molecule has 1 fully saturated rings. The number of nitrogens with zero attached hydrogens (tertiary/aromatic N) is 3. The fraction of sp³-hybridized carbons (Fsp3) is 0.292. The van der Waals surface area contributed by atoms with Gasteiger partial charge in [0, 0.05) is 31.0 Å². The maximum Gasteiger partial charge on any atom is 0.229 e. The number of rotatable bonds is 8. The molecule has 1 saturated heterocycles. The molecule has 1 unspecified atom stereocenters. The van der Waals surface area contributed by atoms with Gasteiger partial charge in [-0.2, -0.15) is 0 Å². The summed E-state index contributed by atoms with van der Waals surface area (Å²) in [5, 5.41) is 3.28. The summed E-state index contributed by atoms with van der Waals surface area (Å²) in [7, 11) is 0. The number of amides is 1. The van der Waals surface area contributed by atoms with Crippen LogP contribution in [0.15, 0.2) is 60.9 Å². The molecule has 3 aromatic rings. The van der Waals surface area contributed by atoms with E-state index in [0.29, 0.717) is 48.7 Å². The number of pyridine rings is 2. The van der Waals surface area contributed by atoms with E-state index in [2.05, 4.69) is 10.3 Å². The van der Waals surface area contributed by atoms with Crippen molar-refractivity contribution in [2.45, 2.75) is 24.9 Å². The van der Waals surface area contributed by atoms with Crippen LogP contribution in [0.4, 0.5) is 20.4 Å². The number of benzene rings is 1. The molecule has 8 heteroatoms. The number of nitrogens with two attached hydrogens (primary N) is 1. The van der Waals surface area contributed by atoms with Gasteiger partial charge in [-0.05, 0) is 48.2 Å². The average molecular weight is 437 g/mol. The Bertz CT molecular complexity index is 1080. The largest absolute Gasteiger partial charge is 0.369 e. The summed E-state index contributed by atoms with van der Waals surface area (Å²) in [4.78, 5) is 23.1. The third-order valence-electron chi connectivity index (χ3n) is 5.57. The third-order valence-corrected chi connectivity index (χ3v) is 5.57. The van der Waals surface area contributed by atoms with Crippen LogP contribution in [0.2, 0.25) is 0 Å². The van der Waals surface area contributed by atoms with Gasteiger partial charge in [-0.3, -0.25) is 9.78 Å². The molecule has 6 nitrogen and oxygen atoms in total. The summed E-state index contributed by atoms with van der Waals surface area (Å²) in [5.74, 6) is -0.422. The monoisotopic (exact) mass is 437 g/mol. The molecule has 1 amide bonds. The molecule has 2 aromatic heterocycles. The highest BCUT2D eigenvalue weighted by Gasteiger charge is 2.27. The van der Waals surface area contributed by atoms with E-state index in [-0.39, 0.29) is 12.4 Å². The number of carbonyl (C=O) groups excluding carboxylic acids is 1. The van der Waals surface area contributed by atoms with Gasteiger partial charge in [0.2, 0.25) is 5.91 Å². The van der Waals surface area contributed by atoms with Gasteiger partial charge in [0.25, 0.3) is 0 Å². The molecule has 32 heavy (non-hydrogen) atoms. The van der Waals surface area contributed by atoms with Crippen LogP contribution in [0.1, 0.15) is 29.0 Å². The summed E-state index contributed by atoms with van der Waals surface area (Å²) in [6, 6.07) is 13.5. The molecule has 2 atom stereocenters. The number of carbonyl (C=O) groups is 1. The van der Waals surface area contributed by atoms with Crippen molar-refractivity contribution in [1.29, 1.82) is 0 Å². The second kappa shape index (κ2) is 9.72. The summed E-state index contributed by atoms with van der Waals surface area (Å²) >= 11 is 0. The van der Waals surface area contributed by atoms with Crippen molar-refractivity contribution in [3.8, 4) is 0 Å². The number of alkyl halides is 1. The van der Waals surface area contributed by atoms with Gasteiger partial charge in [-0.15, -0.1) is 0 Å². The molecule has 0 aliphatic carbocycles. The molecular formula is C24H25F2N5O. The Morgan fingerprint density at radius 1 is 1.25 bits per heavy atom. The first-order chi connectivity index (χ1) is 15.5. The molecule has 0 bridgehead atoms. The predicted molar refractivity (Wildman–Crippen MR) is 120 cm³/mol. The smallest absolute Gasteiger partial charge is 0.229 e. The van der Waals surface area contributed by atoms with Crippen LogP contribution in [-0.4, -0.2) is 41.7 Å². The first kappa shape index (κ1) is 21.7. The Kier molecular flexibility index (Phi) is 6.58. The van der Waals surface area contributed by atoms with Crippen LogP contribution in [0.3, 0.4) is 0 Å². The van der Waals surface area contributed by atoms with Crippen LogP contribution in [0.25, 0.3) is 0 Å². The van der Waals surface area contributed by atoms with E-state index >= 15 is 0 Å². The van der Waals surface area contributed by atoms with Crippen molar-refractivity contribution < 1.29 is 13.6 Å². The van der Waals surface area contributed by atoms with Gasteiger partial charge in [0.1, 0.15) is 23.6 Å². The van der Waals surface area contributed by atoms with Crippen molar-refractivity contribution in [2.24, 2.45) is 5.73 Å². The number of anilines is 2. The van der Waals surface area contributed by atoms with E-state index in [4.69, 9.17) is 10.7 Å². The summed E-state index contributed by atoms with van der Waals surface area (Å²) in [6.07, 6.45) is 3.38. The minimum absolute atomic E-state index is 0.288.